The van der Waals surface area contributed by atoms with Crippen LogP contribution >= 0.6 is 22.6 Å². The maximum Gasteiger partial charge on any atom is 0.586 e. The second-order valence-electron chi connectivity index (χ2n) is 7.57. The molecule has 0 spiro atoms. The molecule has 3 aromatic rings. The van der Waals surface area contributed by atoms with Crippen LogP contribution in [0, 0.1) is 0 Å². The van der Waals surface area contributed by atoms with Crippen LogP contribution in [0.15, 0.2) is 12.1 Å². The molecule has 1 atom stereocenters. The molecule has 30 heavy (non-hydrogen) atoms. The van der Waals surface area contributed by atoms with E-state index in [0.29, 0.717) is 29.8 Å². The monoisotopic (exact) mass is 536 g/mol. The number of β-amino-alcohol motifs (C(OH)–C–C–N with tert-alkyl or cyclic N) is 1. The SMILES string of the molecule is CC(F)(I)C1(O)CN(CCc2nc3c4ccc5c(c4nc(N)n3n2)OC(F)(F)O5)C1. The van der Waals surface area contributed by atoms with E-state index < -0.39 is 15.6 Å². The molecule has 0 amide bonds. The number of halogens is 4. The predicted molar refractivity (Wildman–Crippen MR) is 108 cm³/mol. The Kier molecular flexibility index (Phi) is 4.09. The molecule has 160 valence electrons. The number of nitrogens with zero attached hydrogens (tertiary/aromatic N) is 5. The number of rotatable bonds is 4. The molecule has 1 saturated heterocycles. The van der Waals surface area contributed by atoms with Gasteiger partial charge in [0.1, 0.15) is 11.1 Å². The van der Waals surface area contributed by atoms with Crippen LogP contribution in [0.25, 0.3) is 16.6 Å². The van der Waals surface area contributed by atoms with Crippen molar-refractivity contribution in [2.75, 3.05) is 25.4 Å². The molecule has 2 aromatic heterocycles. The maximum atomic E-state index is 14.0. The van der Waals surface area contributed by atoms with Crippen LogP contribution in [-0.2, 0) is 6.42 Å². The number of alkyl halides is 4. The van der Waals surface area contributed by atoms with Gasteiger partial charge < -0.3 is 20.3 Å². The molecular weight excluding hydrogens is 520 g/mol. The second kappa shape index (κ2) is 6.20. The van der Waals surface area contributed by atoms with Crippen LogP contribution in [0.1, 0.15) is 12.7 Å². The minimum atomic E-state index is -3.77. The molecule has 1 fully saturated rings. The van der Waals surface area contributed by atoms with E-state index in [1.54, 1.807) is 22.6 Å². The first-order valence-electron chi connectivity index (χ1n) is 9.02. The highest BCUT2D eigenvalue weighted by molar-refractivity contribution is 14.1. The topological polar surface area (TPSA) is 111 Å². The first kappa shape index (κ1) is 19.8. The van der Waals surface area contributed by atoms with Crippen LogP contribution in [0.5, 0.6) is 11.5 Å². The summed E-state index contributed by atoms with van der Waals surface area (Å²) in [6.45, 7) is 2.27. The fourth-order valence-electron chi connectivity index (χ4n) is 3.63. The molecule has 13 heteroatoms. The van der Waals surface area contributed by atoms with Crippen LogP contribution in [0.2, 0.25) is 0 Å². The van der Waals surface area contributed by atoms with Gasteiger partial charge in [0.05, 0.1) is 0 Å². The van der Waals surface area contributed by atoms with E-state index in [1.165, 1.54) is 23.6 Å². The Bertz CT molecular complexity index is 1180. The van der Waals surface area contributed by atoms with Gasteiger partial charge in [-0.3, -0.25) is 4.90 Å². The molecular formula is C17H16F3IN6O3. The smallest absolute Gasteiger partial charge is 0.395 e. The first-order chi connectivity index (χ1) is 14.0. The number of ether oxygens (including phenoxy) is 2. The summed E-state index contributed by atoms with van der Waals surface area (Å²) in [5.74, 6) is 0.0693. The summed E-state index contributed by atoms with van der Waals surface area (Å²) in [6, 6.07) is 2.89. The van der Waals surface area contributed by atoms with E-state index >= 15 is 0 Å². The maximum absolute atomic E-state index is 14.0. The van der Waals surface area contributed by atoms with E-state index in [1.807, 2.05) is 4.90 Å². The average Bonchev–Trinajstić information content (AvgIpc) is 3.17. The molecule has 0 radical (unpaired) electrons. The summed E-state index contributed by atoms with van der Waals surface area (Å²) in [5.41, 5.74) is 5.02. The third-order valence-electron chi connectivity index (χ3n) is 5.32. The fourth-order valence-corrected chi connectivity index (χ4v) is 3.98. The lowest BCUT2D eigenvalue weighted by molar-refractivity contribution is -0.286. The summed E-state index contributed by atoms with van der Waals surface area (Å²) < 4.78 is 49.5. The quantitative estimate of drug-likeness (QED) is 0.385. The second-order valence-corrected chi connectivity index (χ2v) is 9.60. The van der Waals surface area contributed by atoms with Gasteiger partial charge in [0.2, 0.25) is 5.95 Å². The molecule has 2 aliphatic rings. The molecule has 0 aliphatic carbocycles. The third-order valence-corrected chi connectivity index (χ3v) is 6.32. The average molecular weight is 536 g/mol. The molecule has 0 bridgehead atoms. The number of aliphatic hydroxyl groups is 1. The Balaban J connectivity index is 1.41. The number of anilines is 1. The molecule has 1 unspecified atom stereocenters. The number of hydrogen-bond acceptors (Lipinski definition) is 8. The third kappa shape index (κ3) is 3.01. The normalized spacial score (nSPS) is 21.7. The largest absolute Gasteiger partial charge is 0.586 e. The Morgan fingerprint density at radius 3 is 2.73 bits per heavy atom. The van der Waals surface area contributed by atoms with Crippen molar-refractivity contribution in [3.63, 3.8) is 0 Å². The van der Waals surface area contributed by atoms with Crippen LogP contribution in [0.3, 0.4) is 0 Å². The van der Waals surface area contributed by atoms with E-state index in [4.69, 9.17) is 5.73 Å². The van der Waals surface area contributed by atoms with Crippen molar-refractivity contribution in [1.29, 1.82) is 0 Å². The van der Waals surface area contributed by atoms with Crippen molar-refractivity contribution in [2.45, 2.75) is 28.9 Å². The summed E-state index contributed by atoms with van der Waals surface area (Å²) in [5, 5.41) is 15.0. The van der Waals surface area contributed by atoms with Gasteiger partial charge in [-0.1, -0.05) is 0 Å². The number of hydrogen-bond donors (Lipinski definition) is 2. The fraction of sp³-hybridized carbons (Fsp3) is 0.471. The molecule has 3 N–H and O–H groups in total. The van der Waals surface area contributed by atoms with Gasteiger partial charge in [0.15, 0.2) is 26.6 Å². The zero-order chi connectivity index (χ0) is 21.5. The first-order valence-corrected chi connectivity index (χ1v) is 10.1. The molecule has 0 saturated carbocycles. The number of aromatic nitrogens is 4. The van der Waals surface area contributed by atoms with Gasteiger partial charge in [0, 0.05) is 31.4 Å². The van der Waals surface area contributed by atoms with E-state index in [0.717, 1.165) is 0 Å². The van der Waals surface area contributed by atoms with Gasteiger partial charge in [-0.05, 0) is 41.6 Å². The molecule has 2 aliphatic heterocycles. The van der Waals surface area contributed by atoms with Gasteiger partial charge in [0.25, 0.3) is 0 Å². The van der Waals surface area contributed by atoms with Gasteiger partial charge in [-0.2, -0.15) is 4.52 Å². The highest BCUT2D eigenvalue weighted by Crippen LogP contribution is 2.45. The van der Waals surface area contributed by atoms with Crippen molar-refractivity contribution in [3.8, 4) is 11.5 Å². The Hall–Kier alpha value is -2.13. The zero-order valence-corrected chi connectivity index (χ0v) is 17.7. The van der Waals surface area contributed by atoms with Crippen molar-refractivity contribution >= 4 is 45.1 Å². The summed E-state index contributed by atoms with van der Waals surface area (Å²) in [4.78, 5) is 10.5. The number of nitrogens with two attached hydrogens (primary N) is 1. The van der Waals surface area contributed by atoms with Crippen LogP contribution < -0.4 is 15.2 Å². The molecule has 4 heterocycles. The Labute approximate surface area is 181 Å². The molecule has 1 aromatic carbocycles. The predicted octanol–water partition coefficient (Wildman–Crippen LogP) is 1.89. The van der Waals surface area contributed by atoms with E-state index in [9.17, 15) is 18.3 Å². The molecule has 9 nitrogen and oxygen atoms in total. The van der Waals surface area contributed by atoms with E-state index in [-0.39, 0.29) is 36.1 Å². The summed E-state index contributed by atoms with van der Waals surface area (Å²) in [7, 11) is 0. The Morgan fingerprint density at radius 2 is 2.03 bits per heavy atom. The minimum Gasteiger partial charge on any atom is -0.395 e. The lowest BCUT2D eigenvalue weighted by Crippen LogP contribution is -2.69. The lowest BCUT2D eigenvalue weighted by Gasteiger charge is -2.50. The van der Waals surface area contributed by atoms with Gasteiger partial charge in [-0.25, -0.2) is 14.4 Å². The summed E-state index contributed by atoms with van der Waals surface area (Å²) in [6.07, 6.45) is -3.35. The van der Waals surface area contributed by atoms with Crippen molar-refractivity contribution in [2.24, 2.45) is 0 Å². The van der Waals surface area contributed by atoms with Crippen LogP contribution in [0.4, 0.5) is 19.1 Å². The number of nitrogen functional groups attached to an aromatic ring is 1. The van der Waals surface area contributed by atoms with Gasteiger partial charge in [-0.15, -0.1) is 13.9 Å². The van der Waals surface area contributed by atoms with Crippen molar-refractivity contribution < 1.29 is 27.8 Å². The standard InChI is InChI=1S/C17H16F3IN6O3/c1-15(18,21)16(28)6-26(7-16)5-4-10-23-13-8-2-3-9-12(30-17(19,20)29-9)11(8)24-14(22)27(13)25-10/h2-3,28H,4-7H2,1H3,(H2,22,24). The van der Waals surface area contributed by atoms with Crippen LogP contribution in [-0.4, -0.2) is 64.8 Å². The van der Waals surface area contributed by atoms with Crippen molar-refractivity contribution in [3.05, 3.63) is 18.0 Å². The number of fused-ring (bicyclic) bond motifs is 5. The highest BCUT2D eigenvalue weighted by Gasteiger charge is 2.54. The lowest BCUT2D eigenvalue weighted by atomic mass is 9.89. The van der Waals surface area contributed by atoms with Gasteiger partial charge >= 0.3 is 6.29 Å². The van der Waals surface area contributed by atoms with E-state index in [2.05, 4.69) is 24.5 Å². The summed E-state index contributed by atoms with van der Waals surface area (Å²) >= 11 is 1.60. The molecule has 5 rings (SSSR count). The highest BCUT2D eigenvalue weighted by atomic mass is 127. The number of benzene rings is 1. The van der Waals surface area contributed by atoms with Crippen molar-refractivity contribution in [1.82, 2.24) is 24.5 Å². The minimum absolute atomic E-state index is 0.0418. The zero-order valence-electron chi connectivity index (χ0n) is 15.6. The Morgan fingerprint density at radius 1 is 1.30 bits per heavy atom. The number of likely N-dealkylation sites (tertiary alicyclic amines) is 1.